The topological polar surface area (TPSA) is 93.4 Å². The summed E-state index contributed by atoms with van der Waals surface area (Å²) >= 11 is 0. The zero-order chi connectivity index (χ0) is 17.5. The van der Waals surface area contributed by atoms with Crippen molar-refractivity contribution in [3.63, 3.8) is 0 Å². The third-order valence-corrected chi connectivity index (χ3v) is 4.15. The molecule has 6 heteroatoms. The van der Waals surface area contributed by atoms with Crippen molar-refractivity contribution in [2.75, 3.05) is 13.2 Å². The lowest BCUT2D eigenvalue weighted by molar-refractivity contribution is -0.123. The lowest BCUT2D eigenvalue weighted by atomic mass is 10.0. The monoisotopic (exact) mass is 333 g/mol. The first-order valence-electron chi connectivity index (χ1n) is 8.53. The number of nitrogens with one attached hydrogen (secondary N) is 2. The van der Waals surface area contributed by atoms with Gasteiger partial charge in [-0.2, -0.15) is 0 Å². The van der Waals surface area contributed by atoms with Gasteiger partial charge in [-0.1, -0.05) is 18.2 Å². The van der Waals surface area contributed by atoms with Crippen LogP contribution in [0, 0.1) is 5.92 Å². The van der Waals surface area contributed by atoms with Crippen LogP contribution in [-0.2, 0) is 9.59 Å². The molecule has 4 N–H and O–H groups in total. The smallest absolute Gasteiger partial charge is 0.222 e. The zero-order valence-corrected chi connectivity index (χ0v) is 14.4. The third kappa shape index (κ3) is 5.23. The minimum atomic E-state index is -0.428. The highest BCUT2D eigenvalue weighted by molar-refractivity contribution is 5.79. The SMILES string of the molecule is CCOc1ccccc1C(CC(=O)NC(CN)C1CC1)NC(C)=O. The molecule has 2 rings (SSSR count). The van der Waals surface area contributed by atoms with Crippen LogP contribution in [0.2, 0.25) is 0 Å². The van der Waals surface area contributed by atoms with Gasteiger partial charge < -0.3 is 21.1 Å². The molecule has 0 heterocycles. The van der Waals surface area contributed by atoms with Crippen molar-refractivity contribution in [1.82, 2.24) is 10.6 Å². The molecule has 1 aliphatic rings. The Morgan fingerprint density at radius 1 is 1.29 bits per heavy atom. The van der Waals surface area contributed by atoms with Crippen molar-refractivity contribution < 1.29 is 14.3 Å². The normalized spacial score (nSPS) is 16.1. The molecule has 0 aromatic heterocycles. The quantitative estimate of drug-likeness (QED) is 0.638. The number of benzene rings is 1. The Balaban J connectivity index is 2.10. The van der Waals surface area contributed by atoms with E-state index < -0.39 is 6.04 Å². The molecule has 1 saturated carbocycles. The van der Waals surface area contributed by atoms with Gasteiger partial charge in [0.05, 0.1) is 19.1 Å². The number of rotatable bonds is 9. The maximum absolute atomic E-state index is 12.4. The van der Waals surface area contributed by atoms with Crippen molar-refractivity contribution >= 4 is 11.8 Å². The molecule has 1 aromatic rings. The zero-order valence-electron chi connectivity index (χ0n) is 14.4. The summed E-state index contributed by atoms with van der Waals surface area (Å²) in [5.41, 5.74) is 6.55. The van der Waals surface area contributed by atoms with Gasteiger partial charge in [0.15, 0.2) is 0 Å². The standard InChI is InChI=1S/C18H27N3O3/c1-3-24-17-7-5-4-6-14(17)15(20-12(2)22)10-18(23)21-16(11-19)13-8-9-13/h4-7,13,15-16H,3,8-11,19H2,1-2H3,(H,20,22)(H,21,23). The Morgan fingerprint density at radius 3 is 2.58 bits per heavy atom. The number of para-hydroxylation sites is 1. The van der Waals surface area contributed by atoms with E-state index in [9.17, 15) is 9.59 Å². The summed E-state index contributed by atoms with van der Waals surface area (Å²) in [6, 6.07) is 7.06. The average Bonchev–Trinajstić information content (AvgIpc) is 3.37. The first-order chi connectivity index (χ1) is 11.5. The van der Waals surface area contributed by atoms with Gasteiger partial charge in [-0.05, 0) is 31.7 Å². The molecule has 1 fully saturated rings. The van der Waals surface area contributed by atoms with Crippen LogP contribution in [-0.4, -0.2) is 31.0 Å². The Labute approximate surface area is 143 Å². The molecule has 1 aromatic carbocycles. The Morgan fingerprint density at radius 2 is 2.00 bits per heavy atom. The number of carbonyl (C=O) groups is 2. The fourth-order valence-electron chi connectivity index (χ4n) is 2.86. The molecule has 6 nitrogen and oxygen atoms in total. The van der Waals surface area contributed by atoms with Crippen molar-refractivity contribution in [1.29, 1.82) is 0 Å². The second-order valence-corrected chi connectivity index (χ2v) is 6.18. The summed E-state index contributed by atoms with van der Waals surface area (Å²) in [6.45, 7) is 4.31. The van der Waals surface area contributed by atoms with E-state index in [-0.39, 0.29) is 24.3 Å². The molecule has 0 spiro atoms. The van der Waals surface area contributed by atoms with Gasteiger partial charge in [-0.25, -0.2) is 0 Å². The molecule has 0 bridgehead atoms. The second kappa shape index (κ2) is 8.68. The van der Waals surface area contributed by atoms with Crippen LogP contribution in [0.25, 0.3) is 0 Å². The molecule has 0 aliphatic heterocycles. The maximum Gasteiger partial charge on any atom is 0.222 e. The molecule has 0 radical (unpaired) electrons. The summed E-state index contributed by atoms with van der Waals surface area (Å²) in [6.07, 6.45) is 2.39. The lowest BCUT2D eigenvalue weighted by Crippen LogP contribution is -2.43. The van der Waals surface area contributed by atoms with Gasteiger partial charge in [0.25, 0.3) is 0 Å². The lowest BCUT2D eigenvalue weighted by Gasteiger charge is -2.22. The van der Waals surface area contributed by atoms with E-state index in [1.165, 1.54) is 6.92 Å². The minimum absolute atomic E-state index is 0.0256. The Bertz CT molecular complexity index is 572. The highest BCUT2D eigenvalue weighted by atomic mass is 16.5. The number of nitrogens with two attached hydrogens (primary N) is 1. The van der Waals surface area contributed by atoms with E-state index in [0.717, 1.165) is 18.4 Å². The highest BCUT2D eigenvalue weighted by Crippen LogP contribution is 2.32. The summed E-state index contributed by atoms with van der Waals surface area (Å²) in [5.74, 6) is 0.886. The molecule has 2 unspecified atom stereocenters. The van der Waals surface area contributed by atoms with E-state index in [2.05, 4.69) is 10.6 Å². The predicted octanol–water partition coefficient (Wildman–Crippen LogP) is 1.51. The summed E-state index contributed by atoms with van der Waals surface area (Å²) < 4.78 is 5.63. The number of amides is 2. The van der Waals surface area contributed by atoms with E-state index in [0.29, 0.717) is 24.8 Å². The number of hydrogen-bond acceptors (Lipinski definition) is 4. The van der Waals surface area contributed by atoms with Crippen LogP contribution in [0.3, 0.4) is 0 Å². The molecule has 132 valence electrons. The van der Waals surface area contributed by atoms with Gasteiger partial charge in [0.1, 0.15) is 5.75 Å². The van der Waals surface area contributed by atoms with Crippen molar-refractivity contribution in [2.24, 2.45) is 11.7 Å². The van der Waals surface area contributed by atoms with Crippen LogP contribution in [0.1, 0.15) is 44.7 Å². The van der Waals surface area contributed by atoms with Crippen LogP contribution in [0.15, 0.2) is 24.3 Å². The highest BCUT2D eigenvalue weighted by Gasteiger charge is 2.32. The fourth-order valence-corrected chi connectivity index (χ4v) is 2.86. The Hall–Kier alpha value is -2.08. The van der Waals surface area contributed by atoms with Crippen LogP contribution >= 0.6 is 0 Å². The third-order valence-electron chi connectivity index (χ3n) is 4.15. The van der Waals surface area contributed by atoms with E-state index >= 15 is 0 Å². The Kier molecular flexibility index (Phi) is 6.61. The van der Waals surface area contributed by atoms with E-state index in [1.807, 2.05) is 31.2 Å². The first kappa shape index (κ1) is 18.3. The number of ether oxygens (including phenoxy) is 1. The molecular formula is C18H27N3O3. The average molecular weight is 333 g/mol. The van der Waals surface area contributed by atoms with Gasteiger partial charge >= 0.3 is 0 Å². The van der Waals surface area contributed by atoms with Crippen molar-refractivity contribution in [3.05, 3.63) is 29.8 Å². The van der Waals surface area contributed by atoms with Crippen LogP contribution in [0.5, 0.6) is 5.75 Å². The largest absolute Gasteiger partial charge is 0.494 e. The molecular weight excluding hydrogens is 306 g/mol. The van der Waals surface area contributed by atoms with Gasteiger partial charge in [0.2, 0.25) is 11.8 Å². The molecule has 0 saturated heterocycles. The van der Waals surface area contributed by atoms with Crippen LogP contribution in [0.4, 0.5) is 0 Å². The summed E-state index contributed by atoms with van der Waals surface area (Å²) in [5, 5.41) is 5.85. The van der Waals surface area contributed by atoms with Gasteiger partial charge in [-0.3, -0.25) is 9.59 Å². The van der Waals surface area contributed by atoms with E-state index in [1.54, 1.807) is 0 Å². The van der Waals surface area contributed by atoms with Gasteiger partial charge in [0, 0.05) is 25.1 Å². The molecule has 1 aliphatic carbocycles. The molecule has 2 amide bonds. The minimum Gasteiger partial charge on any atom is -0.494 e. The van der Waals surface area contributed by atoms with Gasteiger partial charge in [-0.15, -0.1) is 0 Å². The number of hydrogen-bond donors (Lipinski definition) is 3. The van der Waals surface area contributed by atoms with E-state index in [4.69, 9.17) is 10.5 Å². The first-order valence-corrected chi connectivity index (χ1v) is 8.53. The van der Waals surface area contributed by atoms with Crippen molar-refractivity contribution in [3.8, 4) is 5.75 Å². The van der Waals surface area contributed by atoms with Crippen molar-refractivity contribution in [2.45, 2.75) is 45.2 Å². The molecule has 2 atom stereocenters. The predicted molar refractivity (Wildman–Crippen MR) is 92.5 cm³/mol. The number of carbonyl (C=O) groups excluding carboxylic acids is 2. The summed E-state index contributed by atoms with van der Waals surface area (Å²) in [7, 11) is 0. The maximum atomic E-state index is 12.4. The second-order valence-electron chi connectivity index (χ2n) is 6.18. The summed E-state index contributed by atoms with van der Waals surface area (Å²) in [4.78, 5) is 24.0. The van der Waals surface area contributed by atoms with Crippen LogP contribution < -0.4 is 21.1 Å². The fraction of sp³-hybridized carbons (Fsp3) is 0.556. The molecule has 24 heavy (non-hydrogen) atoms.